The Morgan fingerprint density at radius 3 is 2.38 bits per heavy atom. The van der Waals surface area contributed by atoms with Gasteiger partial charge in [0.2, 0.25) is 0 Å². The minimum absolute atomic E-state index is 0.0185. The first-order valence-corrected chi connectivity index (χ1v) is 13.2. The molecule has 1 aliphatic rings. The minimum Gasteiger partial charge on any atom is -0.491 e. The van der Waals surface area contributed by atoms with Crippen molar-refractivity contribution in [3.8, 4) is 17.0 Å². The van der Waals surface area contributed by atoms with E-state index in [9.17, 15) is 23.2 Å². The van der Waals surface area contributed by atoms with Crippen molar-refractivity contribution < 1.29 is 37.4 Å². The van der Waals surface area contributed by atoms with Gasteiger partial charge in [-0.25, -0.2) is 23.7 Å². The number of nitrogens with zero attached hydrogens (tertiary/aromatic N) is 4. The van der Waals surface area contributed by atoms with E-state index in [0.717, 1.165) is 30.6 Å². The first-order valence-electron chi connectivity index (χ1n) is 12.4. The van der Waals surface area contributed by atoms with Crippen molar-refractivity contribution in [3.63, 3.8) is 0 Å². The number of nitrogens with one attached hydrogen (secondary N) is 1. The Bertz CT molecular complexity index is 1370. The van der Waals surface area contributed by atoms with E-state index in [-0.39, 0.29) is 40.6 Å². The summed E-state index contributed by atoms with van der Waals surface area (Å²) in [6.07, 6.45) is 4.06. The van der Waals surface area contributed by atoms with Crippen molar-refractivity contribution in [1.82, 2.24) is 15.0 Å². The molecular weight excluding hydrogens is 548 g/mol. The molecule has 1 saturated heterocycles. The van der Waals surface area contributed by atoms with Crippen LogP contribution >= 0.6 is 11.3 Å². The lowest BCUT2D eigenvalue weighted by Crippen LogP contribution is -2.37. The molecule has 1 N–H and O–H groups in total. The van der Waals surface area contributed by atoms with Crippen molar-refractivity contribution in [3.05, 3.63) is 46.7 Å². The second-order valence-corrected chi connectivity index (χ2v) is 9.86. The van der Waals surface area contributed by atoms with Crippen LogP contribution in [0.25, 0.3) is 11.3 Å². The van der Waals surface area contributed by atoms with E-state index in [1.165, 1.54) is 19.3 Å². The van der Waals surface area contributed by atoms with Gasteiger partial charge in [0.05, 0.1) is 42.6 Å². The number of amides is 1. The summed E-state index contributed by atoms with van der Waals surface area (Å²) in [5, 5.41) is 2.71. The maximum absolute atomic E-state index is 14.4. The van der Waals surface area contributed by atoms with E-state index in [2.05, 4.69) is 20.3 Å². The van der Waals surface area contributed by atoms with Crippen LogP contribution in [0.15, 0.2) is 24.5 Å². The monoisotopic (exact) mass is 575 g/mol. The van der Waals surface area contributed by atoms with Crippen molar-refractivity contribution >= 4 is 40.1 Å². The molecule has 3 heterocycles. The highest BCUT2D eigenvalue weighted by Gasteiger charge is 2.27. The van der Waals surface area contributed by atoms with Gasteiger partial charge in [0.15, 0.2) is 22.5 Å². The number of thiazole rings is 1. The third-order valence-corrected chi connectivity index (χ3v) is 7.05. The second-order valence-electron chi connectivity index (χ2n) is 8.77. The van der Waals surface area contributed by atoms with Crippen molar-refractivity contribution in [1.29, 1.82) is 0 Å². The number of benzene rings is 1. The van der Waals surface area contributed by atoms with Crippen molar-refractivity contribution in [2.45, 2.75) is 33.3 Å². The number of piperidine rings is 1. The van der Waals surface area contributed by atoms with E-state index in [1.54, 1.807) is 6.92 Å². The lowest BCUT2D eigenvalue weighted by Gasteiger charge is -2.31. The number of carbonyl (C=O) groups is 3. The normalized spacial score (nSPS) is 13.6. The van der Waals surface area contributed by atoms with Gasteiger partial charge in [0.1, 0.15) is 18.1 Å². The lowest BCUT2D eigenvalue weighted by atomic mass is 9.97. The third kappa shape index (κ3) is 6.68. The zero-order chi connectivity index (χ0) is 28.8. The smallest absolute Gasteiger partial charge is 0.309 e. The fourth-order valence-corrected chi connectivity index (χ4v) is 5.05. The number of rotatable bonds is 9. The summed E-state index contributed by atoms with van der Waals surface area (Å²) in [5.74, 6) is -3.34. The topological polar surface area (TPSA) is 133 Å². The molecule has 1 aliphatic heterocycles. The Balaban J connectivity index is 1.47. The number of hydrogen-bond donors (Lipinski definition) is 1. The predicted molar refractivity (Wildman–Crippen MR) is 141 cm³/mol. The average Bonchev–Trinajstić information content (AvgIpc) is 3.34. The summed E-state index contributed by atoms with van der Waals surface area (Å²) in [5.41, 5.74) is 0.227. The minimum atomic E-state index is -0.935. The van der Waals surface area contributed by atoms with E-state index in [1.807, 2.05) is 4.90 Å². The number of hydrogen-bond acceptors (Lipinski definition) is 11. The molecule has 11 nitrogen and oxygen atoms in total. The first-order chi connectivity index (χ1) is 19.2. The number of anilines is 2. The molecule has 0 atom stereocenters. The lowest BCUT2D eigenvalue weighted by molar-refractivity contribution is -0.148. The highest BCUT2D eigenvalue weighted by Crippen LogP contribution is 2.35. The molecule has 0 saturated carbocycles. The van der Waals surface area contributed by atoms with Crippen LogP contribution in [0, 0.1) is 17.6 Å². The van der Waals surface area contributed by atoms with Gasteiger partial charge in [-0.05, 0) is 31.9 Å². The molecule has 212 valence electrons. The van der Waals surface area contributed by atoms with Gasteiger partial charge in [-0.3, -0.25) is 19.7 Å². The van der Waals surface area contributed by atoms with E-state index < -0.39 is 29.3 Å². The summed E-state index contributed by atoms with van der Waals surface area (Å²) in [6.45, 7) is 4.34. The van der Waals surface area contributed by atoms with Crippen molar-refractivity contribution in [2.75, 3.05) is 37.0 Å². The second kappa shape index (κ2) is 12.8. The Morgan fingerprint density at radius 1 is 1.10 bits per heavy atom. The summed E-state index contributed by atoms with van der Waals surface area (Å²) in [7, 11) is 1.15. The highest BCUT2D eigenvalue weighted by molar-refractivity contribution is 7.16. The first kappa shape index (κ1) is 28.8. The van der Waals surface area contributed by atoms with Gasteiger partial charge in [0.25, 0.3) is 5.91 Å². The fraction of sp³-hybridized carbons (Fsp3) is 0.385. The number of ether oxygens (including phenoxy) is 3. The maximum Gasteiger partial charge on any atom is 0.309 e. The number of aromatic nitrogens is 3. The fourth-order valence-electron chi connectivity index (χ4n) is 4.15. The SMILES string of the molecule is CCOC(=O)C1CCN(c2cnc(C(=O)Nc3nc(-c4cc(F)c(OC)c(F)c4)c(COC(C)=O)s3)cn2)CC1. The molecule has 0 spiro atoms. The van der Waals surface area contributed by atoms with Crippen molar-refractivity contribution in [2.24, 2.45) is 5.92 Å². The van der Waals surface area contributed by atoms with Crippen LogP contribution in [0.3, 0.4) is 0 Å². The summed E-state index contributed by atoms with van der Waals surface area (Å²) in [4.78, 5) is 51.4. The number of methoxy groups -OCH3 is 1. The Labute approximate surface area is 232 Å². The van der Waals surface area contributed by atoms with E-state index in [0.29, 0.717) is 43.2 Å². The highest BCUT2D eigenvalue weighted by atomic mass is 32.1. The average molecular weight is 576 g/mol. The molecule has 1 fully saturated rings. The number of halogens is 2. The maximum atomic E-state index is 14.4. The van der Waals surface area contributed by atoms with Crippen LogP contribution in [-0.4, -0.2) is 59.6 Å². The van der Waals surface area contributed by atoms with Crippen LogP contribution in [0.2, 0.25) is 0 Å². The molecule has 0 bridgehead atoms. The standard InChI is InChI=1S/C26H27F2N5O6S/c1-4-38-25(36)15-5-7-33(8-6-15)21-12-29-19(11-30-21)24(35)32-26-31-22(20(40-26)13-39-14(2)34)16-9-17(27)23(37-3)18(28)10-16/h9-12,15H,4-8,13H2,1-3H3,(H,31,32,35). The molecule has 40 heavy (non-hydrogen) atoms. The molecule has 0 aliphatic carbocycles. The van der Waals surface area contributed by atoms with Crippen LogP contribution in [0.5, 0.6) is 5.75 Å². The third-order valence-electron chi connectivity index (χ3n) is 6.11. The molecule has 1 aromatic carbocycles. The molecule has 14 heteroatoms. The van der Waals surface area contributed by atoms with Gasteiger partial charge in [0, 0.05) is 25.6 Å². The van der Waals surface area contributed by atoms with E-state index in [4.69, 9.17) is 14.2 Å². The zero-order valence-electron chi connectivity index (χ0n) is 22.0. The van der Waals surface area contributed by atoms with Gasteiger partial charge in [-0.1, -0.05) is 11.3 Å². The molecule has 3 aromatic rings. The molecule has 4 rings (SSSR count). The largest absolute Gasteiger partial charge is 0.491 e. The summed E-state index contributed by atoms with van der Waals surface area (Å²) >= 11 is 0.982. The Kier molecular flexibility index (Phi) is 9.19. The number of esters is 2. The molecule has 2 aromatic heterocycles. The van der Waals surface area contributed by atoms with Crippen LogP contribution in [0.1, 0.15) is 42.1 Å². The van der Waals surface area contributed by atoms with Gasteiger partial charge in [-0.2, -0.15) is 0 Å². The molecule has 0 radical (unpaired) electrons. The molecule has 0 unspecified atom stereocenters. The zero-order valence-corrected chi connectivity index (χ0v) is 22.8. The molecule has 1 amide bonds. The number of carbonyl (C=O) groups excluding carboxylic acids is 3. The van der Waals surface area contributed by atoms with Gasteiger partial charge < -0.3 is 19.1 Å². The summed E-state index contributed by atoms with van der Waals surface area (Å²) < 4.78 is 43.6. The summed E-state index contributed by atoms with van der Waals surface area (Å²) in [6, 6.07) is 2.08. The van der Waals surface area contributed by atoms with Crippen LogP contribution in [-0.2, 0) is 25.7 Å². The van der Waals surface area contributed by atoms with E-state index >= 15 is 0 Å². The predicted octanol–water partition coefficient (Wildman–Crippen LogP) is 3.98. The Morgan fingerprint density at radius 2 is 1.80 bits per heavy atom. The Hall–Kier alpha value is -4.20. The van der Waals surface area contributed by atoms with Crippen LogP contribution in [0.4, 0.5) is 19.7 Å². The quantitative estimate of drug-likeness (QED) is 0.374. The van der Waals surface area contributed by atoms with Gasteiger partial charge >= 0.3 is 11.9 Å². The van der Waals surface area contributed by atoms with Gasteiger partial charge in [-0.15, -0.1) is 0 Å². The van der Waals surface area contributed by atoms with Crippen LogP contribution < -0.4 is 15.0 Å². The molecular formula is C26H27F2N5O6S.